The van der Waals surface area contributed by atoms with E-state index in [2.05, 4.69) is 15.3 Å². The van der Waals surface area contributed by atoms with Gasteiger partial charge in [-0.05, 0) is 37.1 Å². The van der Waals surface area contributed by atoms with Crippen molar-refractivity contribution in [2.24, 2.45) is 9.98 Å². The van der Waals surface area contributed by atoms with Gasteiger partial charge in [0.15, 0.2) is 5.17 Å². The second-order valence-corrected chi connectivity index (χ2v) is 8.64. The number of thioether (sulfide) groups is 1. The van der Waals surface area contributed by atoms with Crippen LogP contribution in [0.1, 0.15) is 38.7 Å². The molecule has 0 aliphatic carbocycles. The van der Waals surface area contributed by atoms with Crippen LogP contribution in [-0.2, 0) is 9.59 Å². The van der Waals surface area contributed by atoms with Crippen molar-refractivity contribution in [3.05, 3.63) is 59.7 Å². The normalized spacial score (nSPS) is 17.9. The highest BCUT2D eigenvalue weighted by Crippen LogP contribution is 2.36. The van der Waals surface area contributed by atoms with Crippen molar-refractivity contribution in [3.8, 4) is 0 Å². The zero-order valence-electron chi connectivity index (χ0n) is 17.6. The van der Waals surface area contributed by atoms with Crippen LogP contribution in [0.3, 0.4) is 0 Å². The van der Waals surface area contributed by atoms with E-state index in [1.165, 1.54) is 4.90 Å². The van der Waals surface area contributed by atoms with Crippen LogP contribution in [0.5, 0.6) is 0 Å². The number of fused-ring (bicyclic) bond motifs is 3. The Kier molecular flexibility index (Phi) is 6.36. The maximum atomic E-state index is 14.0. The molecule has 0 fully saturated rings. The number of hydrogen-bond donors (Lipinski definition) is 1. The van der Waals surface area contributed by atoms with Crippen molar-refractivity contribution in [3.63, 3.8) is 0 Å². The van der Waals surface area contributed by atoms with Crippen LogP contribution >= 0.6 is 11.8 Å². The number of benzene rings is 2. The summed E-state index contributed by atoms with van der Waals surface area (Å²) >= 11 is 1.11. The minimum atomic E-state index is -0.727. The fourth-order valence-corrected chi connectivity index (χ4v) is 4.62. The topological polar surface area (TPSA) is 74.1 Å². The first kappa shape index (κ1) is 22.1. The van der Waals surface area contributed by atoms with Gasteiger partial charge in [-0.3, -0.25) is 14.6 Å². The minimum Gasteiger partial charge on any atom is -0.323 e. The summed E-state index contributed by atoms with van der Waals surface area (Å²) in [7, 11) is 0. The van der Waals surface area contributed by atoms with E-state index >= 15 is 0 Å². The summed E-state index contributed by atoms with van der Waals surface area (Å²) in [5, 5.41) is 2.12. The smallest absolute Gasteiger partial charge is 0.259 e. The molecule has 2 aliphatic heterocycles. The third-order valence-electron chi connectivity index (χ3n) is 5.21. The second-order valence-electron chi connectivity index (χ2n) is 7.47. The summed E-state index contributed by atoms with van der Waals surface area (Å²) in [4.78, 5) is 36.7. The molecule has 2 aromatic rings. The molecule has 166 valence electrons. The third kappa shape index (κ3) is 4.17. The van der Waals surface area contributed by atoms with E-state index in [1.54, 1.807) is 6.92 Å². The molecule has 0 aromatic heterocycles. The molecule has 2 aliphatic rings. The van der Waals surface area contributed by atoms with Crippen LogP contribution < -0.4 is 5.32 Å². The molecule has 2 amide bonds. The highest BCUT2D eigenvalue weighted by atomic mass is 32.2. The summed E-state index contributed by atoms with van der Waals surface area (Å²) < 4.78 is 27.5. The highest BCUT2D eigenvalue weighted by molar-refractivity contribution is 8.15. The zero-order chi connectivity index (χ0) is 22.8. The Morgan fingerprint density at radius 2 is 2.00 bits per heavy atom. The quantitative estimate of drug-likeness (QED) is 0.674. The number of hydrogen-bond acceptors (Lipinski definition) is 5. The van der Waals surface area contributed by atoms with E-state index in [9.17, 15) is 18.4 Å². The van der Waals surface area contributed by atoms with E-state index < -0.39 is 28.8 Å². The Morgan fingerprint density at radius 3 is 2.75 bits per heavy atom. The molecule has 0 radical (unpaired) electrons. The van der Waals surface area contributed by atoms with Crippen molar-refractivity contribution in [1.82, 2.24) is 4.90 Å². The summed E-state index contributed by atoms with van der Waals surface area (Å²) in [6.07, 6.45) is 1.82. The maximum absolute atomic E-state index is 14.0. The van der Waals surface area contributed by atoms with Crippen molar-refractivity contribution >= 4 is 46.0 Å². The molecule has 2 aromatic carbocycles. The van der Waals surface area contributed by atoms with Crippen LogP contribution in [0.15, 0.2) is 52.4 Å². The average Bonchev–Trinajstić information content (AvgIpc) is 3.11. The Bertz CT molecular complexity index is 1130. The number of aliphatic imine (C=N–C) groups is 2. The lowest BCUT2D eigenvalue weighted by molar-refractivity contribution is -0.124. The lowest BCUT2D eigenvalue weighted by Crippen LogP contribution is -2.42. The van der Waals surface area contributed by atoms with Crippen LogP contribution in [0.4, 0.5) is 20.2 Å². The highest BCUT2D eigenvalue weighted by Gasteiger charge is 2.42. The molecular weight excluding hydrogens is 434 g/mol. The van der Waals surface area contributed by atoms with Gasteiger partial charge in [0.05, 0.1) is 16.6 Å². The lowest BCUT2D eigenvalue weighted by atomic mass is 10.1. The van der Waals surface area contributed by atoms with Gasteiger partial charge >= 0.3 is 0 Å². The first-order valence-electron chi connectivity index (χ1n) is 10.4. The molecule has 0 spiro atoms. The lowest BCUT2D eigenvalue weighted by Gasteiger charge is -2.27. The number of rotatable bonds is 6. The monoisotopic (exact) mass is 456 g/mol. The molecule has 2 heterocycles. The van der Waals surface area contributed by atoms with Gasteiger partial charge < -0.3 is 5.32 Å². The number of carbonyl (C=O) groups is 2. The van der Waals surface area contributed by atoms with Gasteiger partial charge in [-0.15, -0.1) is 0 Å². The third-order valence-corrected chi connectivity index (χ3v) is 6.52. The van der Waals surface area contributed by atoms with Gasteiger partial charge in [0.2, 0.25) is 5.91 Å². The van der Waals surface area contributed by atoms with Gasteiger partial charge in [0.25, 0.3) is 5.91 Å². The minimum absolute atomic E-state index is 0.172. The molecule has 0 unspecified atom stereocenters. The maximum Gasteiger partial charge on any atom is 0.259 e. The number of nitrogens with one attached hydrogen (secondary N) is 1. The number of nitrogens with zero attached hydrogens (tertiary/aromatic N) is 3. The standard InChI is InChI=1S/C23H22F2N4O2S/c1-3-7-17-22(31)29-20(26-17)14-8-5-6-9-16(14)28-23(29)32-19(4-2)21(30)27-18-12-13(24)10-11-15(18)25/h5-6,8-12,17,19H,3-4,7H2,1-2H3,(H,27,30)/t17-,19+/m0/s1. The van der Waals surface area contributed by atoms with Crippen molar-refractivity contribution in [2.45, 2.75) is 44.4 Å². The second kappa shape index (κ2) is 9.20. The van der Waals surface area contributed by atoms with E-state index in [0.717, 1.165) is 41.9 Å². The average molecular weight is 457 g/mol. The predicted molar refractivity (Wildman–Crippen MR) is 122 cm³/mol. The van der Waals surface area contributed by atoms with Crippen molar-refractivity contribution < 1.29 is 18.4 Å². The molecule has 32 heavy (non-hydrogen) atoms. The first-order chi connectivity index (χ1) is 15.4. The number of amidine groups is 2. The molecule has 0 saturated carbocycles. The summed E-state index contributed by atoms with van der Waals surface area (Å²) in [5.74, 6) is -1.52. The molecule has 0 bridgehead atoms. The molecule has 4 rings (SSSR count). The molecule has 2 atom stereocenters. The molecule has 1 N–H and O–H groups in total. The zero-order valence-corrected chi connectivity index (χ0v) is 18.5. The number of halogens is 2. The summed E-state index contributed by atoms with van der Waals surface area (Å²) in [6, 6.07) is 9.79. The Labute approximate surface area is 188 Å². The summed E-state index contributed by atoms with van der Waals surface area (Å²) in [5.41, 5.74) is 1.21. The number of anilines is 1. The van der Waals surface area contributed by atoms with Crippen molar-refractivity contribution in [2.75, 3.05) is 5.32 Å². The molecular formula is C23H22F2N4O2S. The van der Waals surface area contributed by atoms with Crippen molar-refractivity contribution in [1.29, 1.82) is 0 Å². The summed E-state index contributed by atoms with van der Waals surface area (Å²) in [6.45, 7) is 3.79. The first-order valence-corrected chi connectivity index (χ1v) is 11.3. The molecule has 6 nitrogen and oxygen atoms in total. The van der Waals surface area contributed by atoms with Gasteiger partial charge in [0, 0.05) is 11.6 Å². The number of para-hydroxylation sites is 1. The van der Waals surface area contributed by atoms with Crippen LogP contribution in [0, 0.1) is 11.6 Å². The van der Waals surface area contributed by atoms with Crippen LogP contribution in [0.25, 0.3) is 0 Å². The fraction of sp³-hybridized carbons (Fsp3) is 0.304. The molecule has 9 heteroatoms. The molecule has 0 saturated heterocycles. The fourth-order valence-electron chi connectivity index (χ4n) is 3.60. The van der Waals surface area contributed by atoms with E-state index in [-0.39, 0.29) is 11.6 Å². The van der Waals surface area contributed by atoms with Gasteiger partial charge in [0.1, 0.15) is 23.5 Å². The predicted octanol–water partition coefficient (Wildman–Crippen LogP) is 4.87. The largest absolute Gasteiger partial charge is 0.323 e. The van der Waals surface area contributed by atoms with E-state index in [0.29, 0.717) is 29.5 Å². The Balaban J connectivity index is 1.62. The Morgan fingerprint density at radius 1 is 1.22 bits per heavy atom. The van der Waals surface area contributed by atoms with Crippen LogP contribution in [0.2, 0.25) is 0 Å². The van der Waals surface area contributed by atoms with E-state index in [4.69, 9.17) is 0 Å². The SMILES string of the molecule is CCC[C@@H]1N=C2c3ccccc3N=C(S[C@H](CC)C(=O)Nc3cc(F)ccc3F)N2C1=O. The van der Waals surface area contributed by atoms with Crippen LogP contribution in [-0.4, -0.2) is 39.0 Å². The van der Waals surface area contributed by atoms with E-state index in [1.807, 2.05) is 31.2 Å². The number of carbonyl (C=O) groups excluding carboxylic acids is 2. The van der Waals surface area contributed by atoms with Gasteiger partial charge in [-0.2, -0.15) is 0 Å². The Hall–Kier alpha value is -3.07. The van der Waals surface area contributed by atoms with Gasteiger partial charge in [-0.1, -0.05) is 44.2 Å². The number of amides is 2. The van der Waals surface area contributed by atoms with Gasteiger partial charge in [-0.25, -0.2) is 18.7 Å².